The van der Waals surface area contributed by atoms with E-state index in [1.54, 1.807) is 16.7 Å². The van der Waals surface area contributed by atoms with Crippen LogP contribution in [0.4, 0.5) is 0 Å². The first-order chi connectivity index (χ1) is 7.43. The van der Waals surface area contributed by atoms with Gasteiger partial charge in [-0.2, -0.15) is 0 Å². The first-order valence-corrected chi connectivity index (χ1v) is 6.57. The van der Waals surface area contributed by atoms with Gasteiger partial charge in [-0.1, -0.05) is 39.8 Å². The fraction of sp³-hybridized carbons (Fsp3) is 0.625. The lowest BCUT2D eigenvalue weighted by molar-refractivity contribution is 0.581. The van der Waals surface area contributed by atoms with Crippen molar-refractivity contribution in [1.29, 1.82) is 0 Å². The molecule has 0 saturated heterocycles. The zero-order chi connectivity index (χ0) is 11.9. The van der Waals surface area contributed by atoms with Crippen LogP contribution in [0.5, 0.6) is 0 Å². The van der Waals surface area contributed by atoms with Crippen LogP contribution in [0.2, 0.25) is 0 Å². The maximum Gasteiger partial charge on any atom is -0.0129 e. The molecule has 0 radical (unpaired) electrons. The standard InChI is InChI=1S/C16H24/c1-6-14-11(2)9-13(12-7-8-12)10-15(14)16(3,4)5/h9-10,12H,6-8H2,1-5H3. The molecule has 1 fully saturated rings. The Labute approximate surface area is 100 Å². The lowest BCUT2D eigenvalue weighted by atomic mass is 9.80. The van der Waals surface area contributed by atoms with Gasteiger partial charge in [-0.25, -0.2) is 0 Å². The number of hydrogen-bond acceptors (Lipinski definition) is 0. The van der Waals surface area contributed by atoms with Crippen molar-refractivity contribution in [3.05, 3.63) is 34.4 Å². The zero-order valence-electron chi connectivity index (χ0n) is 11.4. The Balaban J connectivity index is 2.53. The Morgan fingerprint density at radius 2 is 1.81 bits per heavy atom. The highest BCUT2D eigenvalue weighted by atomic mass is 14.3. The maximum atomic E-state index is 2.48. The lowest BCUT2D eigenvalue weighted by Crippen LogP contribution is -2.15. The van der Waals surface area contributed by atoms with Crippen molar-refractivity contribution < 1.29 is 0 Å². The molecule has 0 amide bonds. The Morgan fingerprint density at radius 1 is 1.19 bits per heavy atom. The number of aryl methyl sites for hydroxylation is 1. The van der Waals surface area contributed by atoms with Crippen molar-refractivity contribution in [1.82, 2.24) is 0 Å². The number of hydrogen-bond donors (Lipinski definition) is 0. The first kappa shape index (κ1) is 11.7. The third-order valence-electron chi connectivity index (χ3n) is 3.71. The van der Waals surface area contributed by atoms with Gasteiger partial charge in [-0.3, -0.25) is 0 Å². The second-order valence-corrected chi connectivity index (χ2v) is 6.24. The molecule has 0 atom stereocenters. The highest BCUT2D eigenvalue weighted by Gasteiger charge is 2.27. The van der Waals surface area contributed by atoms with E-state index in [0.29, 0.717) is 0 Å². The summed E-state index contributed by atoms with van der Waals surface area (Å²) in [6, 6.07) is 4.90. The van der Waals surface area contributed by atoms with Crippen molar-refractivity contribution in [2.24, 2.45) is 0 Å². The summed E-state index contributed by atoms with van der Waals surface area (Å²) in [5.41, 5.74) is 6.49. The number of rotatable bonds is 2. The molecule has 1 aliphatic rings. The predicted molar refractivity (Wildman–Crippen MR) is 71.2 cm³/mol. The van der Waals surface area contributed by atoms with Crippen LogP contribution in [0.1, 0.15) is 68.7 Å². The summed E-state index contributed by atoms with van der Waals surface area (Å²) in [4.78, 5) is 0. The minimum absolute atomic E-state index is 0.279. The summed E-state index contributed by atoms with van der Waals surface area (Å²) in [7, 11) is 0. The van der Waals surface area contributed by atoms with E-state index in [2.05, 4.69) is 46.8 Å². The molecule has 1 saturated carbocycles. The van der Waals surface area contributed by atoms with E-state index in [1.807, 2.05) is 0 Å². The highest BCUT2D eigenvalue weighted by molar-refractivity contribution is 5.44. The smallest absolute Gasteiger partial charge is 0.0129 e. The maximum absolute atomic E-state index is 2.48. The second-order valence-electron chi connectivity index (χ2n) is 6.24. The third kappa shape index (κ3) is 2.16. The van der Waals surface area contributed by atoms with Gasteiger partial charge >= 0.3 is 0 Å². The van der Waals surface area contributed by atoms with Gasteiger partial charge in [0, 0.05) is 0 Å². The summed E-state index contributed by atoms with van der Waals surface area (Å²) >= 11 is 0. The van der Waals surface area contributed by atoms with Gasteiger partial charge in [0.15, 0.2) is 0 Å². The molecule has 1 aliphatic carbocycles. The van der Waals surface area contributed by atoms with E-state index < -0.39 is 0 Å². The largest absolute Gasteiger partial charge is 0.0613 e. The van der Waals surface area contributed by atoms with Gasteiger partial charge in [0.25, 0.3) is 0 Å². The summed E-state index contributed by atoms with van der Waals surface area (Å²) in [5, 5.41) is 0. The van der Waals surface area contributed by atoms with Gasteiger partial charge in [0.05, 0.1) is 0 Å². The van der Waals surface area contributed by atoms with Crippen molar-refractivity contribution >= 4 is 0 Å². The molecule has 0 nitrogen and oxygen atoms in total. The van der Waals surface area contributed by atoms with Crippen LogP contribution in [-0.4, -0.2) is 0 Å². The summed E-state index contributed by atoms with van der Waals surface area (Å²) in [5.74, 6) is 0.866. The van der Waals surface area contributed by atoms with Crippen LogP contribution in [0.3, 0.4) is 0 Å². The molecule has 0 aliphatic heterocycles. The summed E-state index contributed by atoms with van der Waals surface area (Å²) < 4.78 is 0. The summed E-state index contributed by atoms with van der Waals surface area (Å²) in [6.07, 6.45) is 3.95. The van der Waals surface area contributed by atoms with E-state index in [1.165, 1.54) is 18.4 Å². The molecule has 0 heterocycles. The topological polar surface area (TPSA) is 0 Å². The van der Waals surface area contributed by atoms with Crippen molar-refractivity contribution in [3.63, 3.8) is 0 Å². The Morgan fingerprint density at radius 3 is 2.25 bits per heavy atom. The van der Waals surface area contributed by atoms with Gasteiger partial charge in [-0.15, -0.1) is 0 Å². The van der Waals surface area contributed by atoms with Crippen LogP contribution in [0.25, 0.3) is 0 Å². The number of benzene rings is 1. The molecule has 0 bridgehead atoms. The third-order valence-corrected chi connectivity index (χ3v) is 3.71. The molecule has 0 unspecified atom stereocenters. The average molecular weight is 216 g/mol. The minimum Gasteiger partial charge on any atom is -0.0613 e. The van der Waals surface area contributed by atoms with E-state index >= 15 is 0 Å². The molecule has 1 aromatic rings. The van der Waals surface area contributed by atoms with Crippen LogP contribution in [-0.2, 0) is 11.8 Å². The first-order valence-electron chi connectivity index (χ1n) is 6.57. The normalized spacial score (nSPS) is 16.6. The quantitative estimate of drug-likeness (QED) is 0.670. The minimum atomic E-state index is 0.279. The molecule has 1 aromatic carbocycles. The van der Waals surface area contributed by atoms with Gasteiger partial charge < -0.3 is 0 Å². The fourth-order valence-corrected chi connectivity index (χ4v) is 2.64. The van der Waals surface area contributed by atoms with E-state index in [-0.39, 0.29) is 5.41 Å². The molecular weight excluding hydrogens is 192 g/mol. The lowest BCUT2D eigenvalue weighted by Gasteiger charge is -2.25. The monoisotopic (exact) mass is 216 g/mol. The van der Waals surface area contributed by atoms with Crippen LogP contribution in [0.15, 0.2) is 12.1 Å². The van der Waals surface area contributed by atoms with E-state index in [0.717, 1.165) is 12.3 Å². The van der Waals surface area contributed by atoms with E-state index in [4.69, 9.17) is 0 Å². The fourth-order valence-electron chi connectivity index (χ4n) is 2.64. The highest BCUT2D eigenvalue weighted by Crippen LogP contribution is 2.42. The van der Waals surface area contributed by atoms with Crippen LogP contribution < -0.4 is 0 Å². The Hall–Kier alpha value is -0.780. The Bertz CT molecular complexity index is 389. The van der Waals surface area contributed by atoms with E-state index in [9.17, 15) is 0 Å². The van der Waals surface area contributed by atoms with Gasteiger partial charge in [0.2, 0.25) is 0 Å². The molecule has 0 heteroatoms. The molecule has 0 aromatic heterocycles. The molecule has 0 spiro atoms. The predicted octanol–water partition coefficient (Wildman–Crippen LogP) is 4.73. The van der Waals surface area contributed by atoms with Crippen molar-refractivity contribution in [2.75, 3.05) is 0 Å². The molecular formula is C16H24. The molecule has 0 N–H and O–H groups in total. The summed E-state index contributed by atoms with van der Waals surface area (Å²) in [6.45, 7) is 11.5. The molecule has 16 heavy (non-hydrogen) atoms. The Kier molecular flexibility index (Phi) is 2.86. The van der Waals surface area contributed by atoms with Crippen LogP contribution in [0, 0.1) is 6.92 Å². The van der Waals surface area contributed by atoms with Crippen molar-refractivity contribution in [2.45, 2.75) is 65.2 Å². The van der Waals surface area contributed by atoms with Gasteiger partial charge in [0.1, 0.15) is 0 Å². The zero-order valence-corrected chi connectivity index (χ0v) is 11.4. The van der Waals surface area contributed by atoms with Crippen LogP contribution >= 0.6 is 0 Å². The second kappa shape index (κ2) is 3.91. The van der Waals surface area contributed by atoms with Crippen molar-refractivity contribution in [3.8, 4) is 0 Å². The molecule has 88 valence electrons. The average Bonchev–Trinajstić information content (AvgIpc) is 2.98. The molecule has 2 rings (SSSR count). The van der Waals surface area contributed by atoms with Gasteiger partial charge in [-0.05, 0) is 59.8 Å². The SMILES string of the molecule is CCc1c(C)cc(C2CC2)cc1C(C)(C)C.